The molecule has 0 heterocycles. The summed E-state index contributed by atoms with van der Waals surface area (Å²) in [5.41, 5.74) is 2.26. The summed E-state index contributed by atoms with van der Waals surface area (Å²) in [4.78, 5) is 0. The summed E-state index contributed by atoms with van der Waals surface area (Å²) in [6.45, 7) is 6.02. The van der Waals surface area contributed by atoms with E-state index in [-0.39, 0.29) is 11.3 Å². The maximum Gasteiger partial charge on any atom is 0.123 e. The maximum absolute atomic E-state index is 12.0. The average molecular weight is 269 g/mol. The molecule has 102 valence electrons. The van der Waals surface area contributed by atoms with Crippen molar-refractivity contribution in [3.05, 3.63) is 29.3 Å². The number of nitrogens with one attached hydrogen (secondary N) is 1. The first-order chi connectivity index (χ1) is 8.49. The van der Waals surface area contributed by atoms with Gasteiger partial charge in [-0.3, -0.25) is 4.21 Å². The van der Waals surface area contributed by atoms with E-state index in [1.54, 1.807) is 7.11 Å². The number of aryl methyl sites for hydroxylation is 1. The molecule has 4 heteroatoms. The minimum Gasteiger partial charge on any atom is -0.496 e. The van der Waals surface area contributed by atoms with Gasteiger partial charge in [0.15, 0.2) is 0 Å². The van der Waals surface area contributed by atoms with Gasteiger partial charge < -0.3 is 10.1 Å². The van der Waals surface area contributed by atoms with Gasteiger partial charge in [-0.05, 0) is 20.0 Å². The lowest BCUT2D eigenvalue weighted by Crippen LogP contribution is -2.26. The lowest BCUT2D eigenvalue weighted by Gasteiger charge is -2.20. The van der Waals surface area contributed by atoms with Gasteiger partial charge >= 0.3 is 0 Å². The molecule has 1 aromatic rings. The van der Waals surface area contributed by atoms with Gasteiger partial charge in [0, 0.05) is 33.4 Å². The van der Waals surface area contributed by atoms with Crippen molar-refractivity contribution in [1.82, 2.24) is 5.32 Å². The van der Waals surface area contributed by atoms with Crippen LogP contribution in [0, 0.1) is 6.92 Å². The van der Waals surface area contributed by atoms with Crippen LogP contribution in [0.25, 0.3) is 0 Å². The molecule has 2 atom stereocenters. The van der Waals surface area contributed by atoms with E-state index >= 15 is 0 Å². The Labute approximate surface area is 112 Å². The number of hydrogen-bond donors (Lipinski definition) is 1. The van der Waals surface area contributed by atoms with Crippen LogP contribution in [0.5, 0.6) is 5.75 Å². The smallest absolute Gasteiger partial charge is 0.123 e. The molecule has 18 heavy (non-hydrogen) atoms. The molecule has 0 aliphatic carbocycles. The normalized spacial score (nSPS) is 14.6. The van der Waals surface area contributed by atoms with Gasteiger partial charge in [-0.15, -0.1) is 0 Å². The molecule has 1 aromatic carbocycles. The summed E-state index contributed by atoms with van der Waals surface area (Å²) in [5.74, 6) is 1.45. The third-order valence-electron chi connectivity index (χ3n) is 2.97. The summed E-state index contributed by atoms with van der Waals surface area (Å²) in [6, 6.07) is 6.14. The van der Waals surface area contributed by atoms with Crippen molar-refractivity contribution >= 4 is 10.8 Å². The van der Waals surface area contributed by atoms with E-state index in [4.69, 9.17) is 4.74 Å². The number of benzene rings is 1. The Balaban J connectivity index is 3.00. The summed E-state index contributed by atoms with van der Waals surface area (Å²) in [5, 5.41) is 3.41. The van der Waals surface area contributed by atoms with Crippen LogP contribution < -0.4 is 10.1 Å². The van der Waals surface area contributed by atoms with Gasteiger partial charge in [-0.2, -0.15) is 0 Å². The topological polar surface area (TPSA) is 38.3 Å². The second kappa shape index (κ2) is 6.90. The lowest BCUT2D eigenvalue weighted by atomic mass is 10.0. The number of hydrogen-bond acceptors (Lipinski definition) is 3. The molecule has 0 fully saturated rings. The van der Waals surface area contributed by atoms with Crippen molar-refractivity contribution in [2.45, 2.75) is 32.1 Å². The molecule has 0 aliphatic heterocycles. The molecule has 0 bridgehead atoms. The van der Waals surface area contributed by atoms with Gasteiger partial charge in [0.1, 0.15) is 5.75 Å². The fraction of sp³-hybridized carbons (Fsp3) is 0.571. The van der Waals surface area contributed by atoms with E-state index in [0.29, 0.717) is 5.75 Å². The molecule has 3 nitrogen and oxygen atoms in total. The van der Waals surface area contributed by atoms with Crippen LogP contribution in [0.4, 0.5) is 0 Å². The van der Waals surface area contributed by atoms with E-state index in [1.807, 2.05) is 33.0 Å². The highest BCUT2D eigenvalue weighted by atomic mass is 32.2. The van der Waals surface area contributed by atoms with E-state index in [9.17, 15) is 4.21 Å². The molecular formula is C14H23NO2S. The highest BCUT2D eigenvalue weighted by molar-refractivity contribution is 7.85. The molecule has 2 unspecified atom stereocenters. The second-order valence-electron chi connectivity index (χ2n) is 4.68. The van der Waals surface area contributed by atoms with Crippen molar-refractivity contribution in [3.63, 3.8) is 0 Å². The fourth-order valence-corrected chi connectivity index (χ4v) is 2.87. The molecule has 0 amide bonds. The van der Waals surface area contributed by atoms with Crippen LogP contribution in [0.1, 0.15) is 31.0 Å². The zero-order chi connectivity index (χ0) is 13.7. The van der Waals surface area contributed by atoms with E-state index in [0.717, 1.165) is 11.3 Å². The minimum absolute atomic E-state index is 0.0584. The van der Waals surface area contributed by atoms with Crippen molar-refractivity contribution in [3.8, 4) is 5.75 Å². The standard InChI is InChI=1S/C14H23NO2S/c1-10(2)18(16)9-13(15-4)12-8-11(3)6-7-14(12)17-5/h6-8,10,13,15H,9H2,1-5H3. The molecule has 1 rings (SSSR count). The van der Waals surface area contributed by atoms with Gasteiger partial charge in [-0.1, -0.05) is 31.5 Å². The number of methoxy groups -OCH3 is 1. The minimum atomic E-state index is -0.837. The molecule has 0 saturated carbocycles. The third kappa shape index (κ3) is 3.82. The fourth-order valence-electron chi connectivity index (χ4n) is 1.81. The third-order valence-corrected chi connectivity index (χ3v) is 4.68. The molecule has 0 saturated heterocycles. The van der Waals surface area contributed by atoms with Crippen molar-refractivity contribution in [1.29, 1.82) is 0 Å². The van der Waals surface area contributed by atoms with Crippen LogP contribution in [-0.4, -0.2) is 29.4 Å². The van der Waals surface area contributed by atoms with Crippen LogP contribution in [-0.2, 0) is 10.8 Å². The highest BCUT2D eigenvalue weighted by Gasteiger charge is 2.18. The predicted octanol–water partition coefficient (Wildman–Crippen LogP) is 2.42. The quantitative estimate of drug-likeness (QED) is 0.862. The molecule has 0 aromatic heterocycles. The van der Waals surface area contributed by atoms with Gasteiger partial charge in [0.05, 0.1) is 7.11 Å². The monoisotopic (exact) mass is 269 g/mol. The molecule has 1 N–H and O–H groups in total. The van der Waals surface area contributed by atoms with Crippen LogP contribution >= 0.6 is 0 Å². The Bertz CT molecular complexity index is 418. The molecule has 0 spiro atoms. The Morgan fingerprint density at radius 2 is 2.06 bits per heavy atom. The number of ether oxygens (including phenoxy) is 1. The van der Waals surface area contributed by atoms with Crippen LogP contribution in [0.15, 0.2) is 18.2 Å². The zero-order valence-electron chi connectivity index (χ0n) is 11.8. The SMILES string of the molecule is CNC(CS(=O)C(C)C)c1cc(C)ccc1OC. The van der Waals surface area contributed by atoms with Crippen molar-refractivity contribution in [2.75, 3.05) is 19.9 Å². The molecule has 0 radical (unpaired) electrons. The number of rotatable bonds is 6. The summed E-state index contributed by atoms with van der Waals surface area (Å²) >= 11 is 0. The van der Waals surface area contributed by atoms with Crippen LogP contribution in [0.2, 0.25) is 0 Å². The average Bonchev–Trinajstić information content (AvgIpc) is 2.35. The molecular weight excluding hydrogens is 246 g/mol. The van der Waals surface area contributed by atoms with Crippen LogP contribution in [0.3, 0.4) is 0 Å². The highest BCUT2D eigenvalue weighted by Crippen LogP contribution is 2.27. The van der Waals surface area contributed by atoms with Crippen molar-refractivity contribution in [2.24, 2.45) is 0 Å². The van der Waals surface area contributed by atoms with Gasteiger partial charge in [0.25, 0.3) is 0 Å². The largest absolute Gasteiger partial charge is 0.496 e. The Morgan fingerprint density at radius 1 is 1.39 bits per heavy atom. The summed E-state index contributed by atoms with van der Waals surface area (Å²) < 4.78 is 17.4. The van der Waals surface area contributed by atoms with Gasteiger partial charge in [0.2, 0.25) is 0 Å². The zero-order valence-corrected chi connectivity index (χ0v) is 12.6. The summed E-state index contributed by atoms with van der Waals surface area (Å²) in [6.07, 6.45) is 0. The maximum atomic E-state index is 12.0. The lowest BCUT2D eigenvalue weighted by molar-refractivity contribution is 0.404. The molecule has 0 aliphatic rings. The first-order valence-corrected chi connectivity index (χ1v) is 7.56. The first-order valence-electron chi connectivity index (χ1n) is 6.18. The second-order valence-corrected chi connectivity index (χ2v) is 6.72. The van der Waals surface area contributed by atoms with Crippen molar-refractivity contribution < 1.29 is 8.95 Å². The Hall–Kier alpha value is -0.870. The Morgan fingerprint density at radius 3 is 2.56 bits per heavy atom. The van der Waals surface area contributed by atoms with E-state index in [2.05, 4.69) is 18.3 Å². The Kier molecular flexibility index (Phi) is 5.82. The van der Waals surface area contributed by atoms with E-state index < -0.39 is 10.8 Å². The predicted molar refractivity (Wildman–Crippen MR) is 77.7 cm³/mol. The summed E-state index contributed by atoms with van der Waals surface area (Å²) in [7, 11) is 2.72. The van der Waals surface area contributed by atoms with E-state index in [1.165, 1.54) is 5.56 Å². The van der Waals surface area contributed by atoms with Gasteiger partial charge in [-0.25, -0.2) is 0 Å². The first kappa shape index (κ1) is 15.2.